The number of hydrogen-bond acceptors (Lipinski definition) is 1. The molecule has 49 valence electrons. The van der Waals surface area contributed by atoms with Gasteiger partial charge in [-0.3, -0.25) is 5.32 Å². The van der Waals surface area contributed by atoms with Gasteiger partial charge < -0.3 is 5.11 Å². The van der Waals surface area contributed by atoms with E-state index in [2.05, 4.69) is 5.32 Å². The Kier molecular flexibility index (Phi) is 0.947. The minimum atomic E-state index is 0.301. The molecule has 0 saturated heterocycles. The van der Waals surface area contributed by atoms with Crippen LogP contribution in [-0.2, 0) is 0 Å². The van der Waals surface area contributed by atoms with Crippen LogP contribution in [0.5, 0.6) is 5.75 Å². The molecular weight excluding hydrogens is 126 g/mol. The maximum Gasteiger partial charge on any atom is 0.125 e. The van der Waals surface area contributed by atoms with Gasteiger partial charge in [0, 0.05) is 11.8 Å². The Morgan fingerprint density at radius 1 is 1.30 bits per heavy atom. The standard InChI is InChI=1S/C8H6NO/c10-8-3-1-2-7-6(8)4-5-9-7/h1-5,10H. The number of benzene rings is 1. The third-order valence-corrected chi connectivity index (χ3v) is 1.51. The second kappa shape index (κ2) is 1.77. The summed E-state index contributed by atoms with van der Waals surface area (Å²) in [5.41, 5.74) is 1.67. The number of hydrogen-bond donors (Lipinski definition) is 1. The Labute approximate surface area is 58.8 Å². The first-order chi connectivity index (χ1) is 4.88. The topological polar surface area (TPSA) is 34.3 Å². The van der Waals surface area contributed by atoms with Crippen molar-refractivity contribution in [2.45, 2.75) is 0 Å². The first-order valence-electron chi connectivity index (χ1n) is 3.07. The average Bonchev–Trinajstić information content (AvgIpc) is 2.36. The number of rotatable bonds is 0. The van der Waals surface area contributed by atoms with Gasteiger partial charge in [-0.1, -0.05) is 6.07 Å². The molecule has 0 bridgehead atoms. The highest BCUT2D eigenvalue weighted by Gasteiger charge is 2.08. The van der Waals surface area contributed by atoms with E-state index in [0.717, 1.165) is 11.3 Å². The quantitative estimate of drug-likeness (QED) is 0.571. The van der Waals surface area contributed by atoms with Crippen LogP contribution in [0.15, 0.2) is 24.4 Å². The summed E-state index contributed by atoms with van der Waals surface area (Å²) in [5, 5.41) is 13.2. The van der Waals surface area contributed by atoms with Crippen LogP contribution in [-0.4, -0.2) is 5.11 Å². The van der Waals surface area contributed by atoms with Crippen LogP contribution >= 0.6 is 0 Å². The van der Waals surface area contributed by atoms with Gasteiger partial charge in [-0.15, -0.1) is 0 Å². The van der Waals surface area contributed by atoms with Gasteiger partial charge in [0.15, 0.2) is 0 Å². The zero-order valence-electron chi connectivity index (χ0n) is 5.28. The number of aromatic hydroxyl groups is 1. The number of fused-ring (bicyclic) bond motifs is 1. The molecular formula is C8H6NO. The molecule has 0 atom stereocenters. The molecule has 2 heteroatoms. The molecule has 0 saturated carbocycles. The van der Waals surface area contributed by atoms with E-state index in [1.807, 2.05) is 6.07 Å². The van der Waals surface area contributed by atoms with Crippen molar-refractivity contribution in [2.24, 2.45) is 0 Å². The van der Waals surface area contributed by atoms with Gasteiger partial charge in [-0.25, -0.2) is 0 Å². The summed E-state index contributed by atoms with van der Waals surface area (Å²) in [6, 6.07) is 5.31. The lowest BCUT2D eigenvalue weighted by molar-refractivity contribution is 0.474. The van der Waals surface area contributed by atoms with Crippen molar-refractivity contribution in [1.82, 2.24) is 5.32 Å². The Morgan fingerprint density at radius 2 is 2.20 bits per heavy atom. The number of phenols is 1. The fraction of sp³-hybridized carbons (Fsp3) is 0. The van der Waals surface area contributed by atoms with Gasteiger partial charge in [-0.2, -0.15) is 0 Å². The molecule has 1 radical (unpaired) electrons. The Morgan fingerprint density at radius 3 is 3.00 bits per heavy atom. The predicted octanol–water partition coefficient (Wildman–Crippen LogP) is 1.61. The summed E-state index contributed by atoms with van der Waals surface area (Å²) in [6.07, 6.45) is 3.48. The molecule has 2 rings (SSSR count). The van der Waals surface area contributed by atoms with E-state index in [1.165, 1.54) is 0 Å². The van der Waals surface area contributed by atoms with Crippen molar-refractivity contribution in [1.29, 1.82) is 0 Å². The Hall–Kier alpha value is -1.44. The van der Waals surface area contributed by atoms with Crippen molar-refractivity contribution >= 4 is 11.8 Å². The second-order valence-corrected chi connectivity index (χ2v) is 2.15. The summed E-state index contributed by atoms with van der Waals surface area (Å²) in [6.45, 7) is 0. The van der Waals surface area contributed by atoms with Gasteiger partial charge in [-0.05, 0) is 18.2 Å². The average molecular weight is 132 g/mol. The fourth-order valence-corrected chi connectivity index (χ4v) is 1.02. The summed E-state index contributed by atoms with van der Waals surface area (Å²) in [4.78, 5) is 0. The molecule has 1 aromatic rings. The molecule has 1 heterocycles. The van der Waals surface area contributed by atoms with Crippen LogP contribution in [0.25, 0.3) is 6.08 Å². The summed E-state index contributed by atoms with van der Waals surface area (Å²) in [5.74, 6) is 0.301. The van der Waals surface area contributed by atoms with Crippen molar-refractivity contribution < 1.29 is 5.11 Å². The van der Waals surface area contributed by atoms with Gasteiger partial charge >= 0.3 is 0 Å². The van der Waals surface area contributed by atoms with E-state index in [-0.39, 0.29) is 0 Å². The normalized spacial score (nSPS) is 12.8. The maximum atomic E-state index is 9.22. The van der Waals surface area contributed by atoms with Gasteiger partial charge in [0.25, 0.3) is 0 Å². The SMILES string of the molecule is Oc1cccc2c1C=C[N]2. The van der Waals surface area contributed by atoms with Crippen LogP contribution in [0.3, 0.4) is 0 Å². The lowest BCUT2D eigenvalue weighted by atomic mass is 10.2. The van der Waals surface area contributed by atoms with E-state index < -0.39 is 0 Å². The van der Waals surface area contributed by atoms with Crippen LogP contribution in [0.2, 0.25) is 0 Å². The van der Waals surface area contributed by atoms with Crippen molar-refractivity contribution in [3.63, 3.8) is 0 Å². The third kappa shape index (κ3) is 0.589. The lowest BCUT2D eigenvalue weighted by Crippen LogP contribution is -1.80. The molecule has 0 aliphatic carbocycles. The van der Waals surface area contributed by atoms with Crippen LogP contribution in [0.4, 0.5) is 5.69 Å². The minimum Gasteiger partial charge on any atom is -0.507 e. The van der Waals surface area contributed by atoms with Crippen LogP contribution < -0.4 is 5.32 Å². The summed E-state index contributed by atoms with van der Waals surface area (Å²) < 4.78 is 0. The summed E-state index contributed by atoms with van der Waals surface area (Å²) >= 11 is 0. The van der Waals surface area contributed by atoms with Crippen molar-refractivity contribution in [2.75, 3.05) is 0 Å². The predicted molar refractivity (Wildman–Crippen MR) is 38.9 cm³/mol. The molecule has 0 amide bonds. The first-order valence-corrected chi connectivity index (χ1v) is 3.07. The Balaban J connectivity index is 2.67. The third-order valence-electron chi connectivity index (χ3n) is 1.51. The van der Waals surface area contributed by atoms with E-state index >= 15 is 0 Å². The maximum absolute atomic E-state index is 9.22. The Bertz CT molecular complexity index is 291. The molecule has 0 fully saturated rings. The highest BCUT2D eigenvalue weighted by atomic mass is 16.3. The van der Waals surface area contributed by atoms with Crippen molar-refractivity contribution in [3.8, 4) is 5.75 Å². The second-order valence-electron chi connectivity index (χ2n) is 2.15. The van der Waals surface area contributed by atoms with Gasteiger partial charge in [0.05, 0.1) is 5.69 Å². The molecule has 2 nitrogen and oxygen atoms in total. The largest absolute Gasteiger partial charge is 0.507 e. The van der Waals surface area contributed by atoms with Gasteiger partial charge in [0.2, 0.25) is 0 Å². The first kappa shape index (κ1) is 5.35. The molecule has 10 heavy (non-hydrogen) atoms. The van der Waals surface area contributed by atoms with E-state index in [9.17, 15) is 5.11 Å². The molecule has 1 aliphatic rings. The lowest BCUT2D eigenvalue weighted by Gasteiger charge is -1.97. The van der Waals surface area contributed by atoms with Gasteiger partial charge in [0.1, 0.15) is 5.75 Å². The highest BCUT2D eigenvalue weighted by Crippen LogP contribution is 2.30. The molecule has 1 aliphatic heterocycles. The highest BCUT2D eigenvalue weighted by molar-refractivity contribution is 5.73. The van der Waals surface area contributed by atoms with E-state index in [1.54, 1.807) is 24.4 Å². The minimum absolute atomic E-state index is 0.301. The summed E-state index contributed by atoms with van der Waals surface area (Å²) in [7, 11) is 0. The zero-order chi connectivity index (χ0) is 6.97. The van der Waals surface area contributed by atoms with Crippen LogP contribution in [0.1, 0.15) is 5.56 Å². The number of phenolic OH excluding ortho intramolecular Hbond substituents is 1. The monoisotopic (exact) mass is 132 g/mol. The van der Waals surface area contributed by atoms with Crippen molar-refractivity contribution in [3.05, 3.63) is 30.0 Å². The molecule has 0 aromatic heterocycles. The molecule has 1 aromatic carbocycles. The van der Waals surface area contributed by atoms with E-state index in [0.29, 0.717) is 5.75 Å². The van der Waals surface area contributed by atoms with E-state index in [4.69, 9.17) is 0 Å². The number of nitrogens with zero attached hydrogens (tertiary/aromatic N) is 1. The molecule has 0 unspecified atom stereocenters. The zero-order valence-corrected chi connectivity index (χ0v) is 5.28. The molecule has 1 N–H and O–H groups in total. The molecule has 0 spiro atoms. The smallest absolute Gasteiger partial charge is 0.125 e. The van der Waals surface area contributed by atoms with Crippen LogP contribution in [0, 0.1) is 0 Å². The fourth-order valence-electron chi connectivity index (χ4n) is 1.02.